The molecule has 1 aliphatic carbocycles. The van der Waals surface area contributed by atoms with Gasteiger partial charge in [-0.05, 0) is 129 Å². The number of rotatable bonds is 15. The maximum absolute atomic E-state index is 14.8. The Morgan fingerprint density at radius 1 is 0.845 bits per heavy atom. The number of hydrogen-bond acceptors (Lipinski definition) is 4. The summed E-state index contributed by atoms with van der Waals surface area (Å²) in [5, 5.41) is 0.560. The third-order valence-electron chi connectivity index (χ3n) is 9.71. The van der Waals surface area contributed by atoms with Crippen LogP contribution < -0.4 is 25.9 Å². The van der Waals surface area contributed by atoms with Crippen LogP contribution in [0.2, 0.25) is 0 Å². The van der Waals surface area contributed by atoms with E-state index in [1.807, 2.05) is 129 Å². The molecule has 4 aromatic rings. The van der Waals surface area contributed by atoms with Crippen molar-refractivity contribution in [3.8, 4) is 0 Å². The van der Waals surface area contributed by atoms with Gasteiger partial charge in [-0.25, -0.2) is 0 Å². The molecule has 0 radical (unpaired) electrons. The van der Waals surface area contributed by atoms with E-state index in [4.69, 9.17) is 4.42 Å². The predicted molar refractivity (Wildman–Crippen MR) is 250 cm³/mol. The second-order valence-electron chi connectivity index (χ2n) is 13.7. The third-order valence-corrected chi connectivity index (χ3v) is 9.71. The fraction of sp³-hybridized carbons (Fsp3) is 0.130. The molecule has 0 saturated heterocycles. The highest BCUT2D eigenvalue weighted by molar-refractivity contribution is 5.77. The van der Waals surface area contributed by atoms with Gasteiger partial charge >= 0.3 is 0 Å². The van der Waals surface area contributed by atoms with Crippen LogP contribution in [0.15, 0.2) is 222 Å². The van der Waals surface area contributed by atoms with Gasteiger partial charge in [-0.1, -0.05) is 136 Å². The van der Waals surface area contributed by atoms with E-state index in [0.29, 0.717) is 41.2 Å². The molecular weight excluding hydrogens is 709 g/mol. The molecule has 4 heteroatoms. The van der Waals surface area contributed by atoms with Crippen molar-refractivity contribution < 1.29 is 4.42 Å². The summed E-state index contributed by atoms with van der Waals surface area (Å²) in [6.07, 6.45) is 29.7. The summed E-state index contributed by atoms with van der Waals surface area (Å²) in [7, 11) is 0. The van der Waals surface area contributed by atoms with E-state index < -0.39 is 0 Å². The molecule has 1 heterocycles. The Kier molecular flexibility index (Phi) is 15.2. The third kappa shape index (κ3) is 10.1. The molecule has 0 amide bonds. The number of nitrogens with zero attached hydrogens (tertiary/aromatic N) is 2. The highest BCUT2D eigenvalue weighted by Gasteiger charge is 2.18. The van der Waals surface area contributed by atoms with Gasteiger partial charge in [0.15, 0.2) is 5.43 Å². The van der Waals surface area contributed by atoms with Crippen LogP contribution >= 0.6 is 0 Å². The SMILES string of the molecule is C=C/C=C\C=C(/C)N(C(/C=C\C(=C)/C1=C/c2oc(=CCC)/c(=C(\C=C/C)c3ccc(N(C(=C)C=C)c4ccccc4)cc3)c(=O)c2CCC=C1)=C/C)c1ccccc1. The lowest BCUT2D eigenvalue weighted by Gasteiger charge is -2.27. The molecule has 0 N–H and O–H groups in total. The summed E-state index contributed by atoms with van der Waals surface area (Å²) in [6, 6.07) is 28.5. The summed E-state index contributed by atoms with van der Waals surface area (Å²) in [4.78, 5) is 19.0. The lowest BCUT2D eigenvalue weighted by molar-refractivity contribution is 0.488. The first-order chi connectivity index (χ1) is 28.3. The minimum absolute atomic E-state index is 0.0291. The van der Waals surface area contributed by atoms with E-state index in [1.165, 1.54) is 0 Å². The molecule has 5 rings (SSSR count). The first kappa shape index (κ1) is 42.2. The van der Waals surface area contributed by atoms with Crippen LogP contribution in [-0.2, 0) is 6.42 Å². The molecule has 58 heavy (non-hydrogen) atoms. The predicted octanol–water partition coefficient (Wildman–Crippen LogP) is 12.5. The fourth-order valence-electron chi connectivity index (χ4n) is 6.86. The Balaban J connectivity index is 1.59. The quantitative estimate of drug-likeness (QED) is 0.113. The highest BCUT2D eigenvalue weighted by Crippen LogP contribution is 2.31. The standard InChI is InChI=1S/C54H54N2O2/c1-9-14-17-26-42(8)56(47-30-20-16-21-31-47)45(13-5)36-33-40(6)44-27-22-23-32-50-52(39-44)58-51(25-11-3)53(54(50)57)49(24-10-2)43-34-37-48(38-35-43)55(41(7)12-4)46-28-18-15-19-29-46/h9-10,12-22,24-31,33-39H,1,4,6-7,11,23,32H2,2-3,5,8H3/b17-14-,24-10-,27-22?,36-33-,42-26+,44-39+,45-13+,51-25?,53-49-. The zero-order chi connectivity index (χ0) is 41.4. The van der Waals surface area contributed by atoms with Crippen molar-refractivity contribution in [3.63, 3.8) is 0 Å². The molecule has 1 aliphatic rings. The van der Waals surface area contributed by atoms with Crippen molar-refractivity contribution in [2.24, 2.45) is 0 Å². The van der Waals surface area contributed by atoms with E-state index in [2.05, 4.69) is 92.5 Å². The maximum Gasteiger partial charge on any atom is 0.197 e. The second kappa shape index (κ2) is 20.8. The number of allylic oxidation sites excluding steroid dienone is 15. The minimum atomic E-state index is -0.0291. The Morgan fingerprint density at radius 3 is 2.14 bits per heavy atom. The Hall–Kier alpha value is -6.91. The van der Waals surface area contributed by atoms with E-state index in [9.17, 15) is 4.79 Å². The van der Waals surface area contributed by atoms with Crippen molar-refractivity contribution in [2.75, 3.05) is 9.80 Å². The van der Waals surface area contributed by atoms with Gasteiger partial charge in [0, 0.05) is 39.7 Å². The lowest BCUT2D eigenvalue weighted by atomic mass is 9.96. The summed E-state index contributed by atoms with van der Waals surface area (Å²) in [5.74, 6) is 0.559. The monoisotopic (exact) mass is 762 g/mol. The second-order valence-corrected chi connectivity index (χ2v) is 13.7. The average Bonchev–Trinajstić information content (AvgIpc) is 3.23. The summed E-state index contributed by atoms with van der Waals surface area (Å²) in [6.45, 7) is 24.6. The van der Waals surface area contributed by atoms with E-state index in [1.54, 1.807) is 12.2 Å². The van der Waals surface area contributed by atoms with Crippen LogP contribution in [0, 0.1) is 0 Å². The molecule has 292 valence electrons. The van der Waals surface area contributed by atoms with Gasteiger partial charge in [-0.3, -0.25) is 4.79 Å². The van der Waals surface area contributed by atoms with Crippen LogP contribution in [0.1, 0.15) is 57.4 Å². The van der Waals surface area contributed by atoms with E-state index in [-0.39, 0.29) is 5.43 Å². The van der Waals surface area contributed by atoms with Gasteiger partial charge in [0.2, 0.25) is 0 Å². The largest absolute Gasteiger partial charge is 0.456 e. The molecule has 0 atom stereocenters. The Morgan fingerprint density at radius 2 is 1.52 bits per heavy atom. The number of anilines is 3. The van der Waals surface area contributed by atoms with Gasteiger partial charge in [0.05, 0.1) is 5.22 Å². The van der Waals surface area contributed by atoms with Crippen LogP contribution in [0.4, 0.5) is 17.1 Å². The average molecular weight is 763 g/mol. The molecule has 1 aromatic heterocycles. The minimum Gasteiger partial charge on any atom is -0.456 e. The van der Waals surface area contributed by atoms with Crippen LogP contribution in [0.5, 0.6) is 0 Å². The molecule has 0 spiro atoms. The molecule has 0 aliphatic heterocycles. The van der Waals surface area contributed by atoms with Crippen LogP contribution in [-0.4, -0.2) is 0 Å². The Bertz CT molecular complexity index is 2530. The van der Waals surface area contributed by atoms with Gasteiger partial charge < -0.3 is 14.2 Å². The van der Waals surface area contributed by atoms with E-state index >= 15 is 0 Å². The number of fused-ring (bicyclic) bond motifs is 1. The molecular formula is C54H54N2O2. The van der Waals surface area contributed by atoms with Gasteiger partial charge in [0.1, 0.15) is 11.2 Å². The van der Waals surface area contributed by atoms with Crippen molar-refractivity contribution in [1.29, 1.82) is 0 Å². The molecule has 4 nitrogen and oxygen atoms in total. The lowest BCUT2D eigenvalue weighted by Crippen LogP contribution is -2.43. The number of hydrogen-bond donors (Lipinski definition) is 0. The zero-order valence-corrected chi connectivity index (χ0v) is 34.3. The highest BCUT2D eigenvalue weighted by atomic mass is 16.3. The fourth-order valence-corrected chi connectivity index (χ4v) is 6.86. The van der Waals surface area contributed by atoms with Crippen molar-refractivity contribution >= 4 is 34.8 Å². The number of para-hydroxylation sites is 2. The van der Waals surface area contributed by atoms with Gasteiger partial charge in [-0.15, -0.1) is 0 Å². The summed E-state index contributed by atoms with van der Waals surface area (Å²) in [5.41, 5.74) is 10.3. The van der Waals surface area contributed by atoms with Crippen molar-refractivity contribution in [2.45, 2.75) is 47.0 Å². The zero-order valence-electron chi connectivity index (χ0n) is 34.3. The normalized spacial score (nSPS) is 15.1. The van der Waals surface area contributed by atoms with Crippen molar-refractivity contribution in [3.05, 3.63) is 250 Å². The van der Waals surface area contributed by atoms with Gasteiger partial charge in [-0.2, -0.15) is 0 Å². The van der Waals surface area contributed by atoms with E-state index in [0.717, 1.165) is 56.4 Å². The van der Waals surface area contributed by atoms with Gasteiger partial charge in [0.25, 0.3) is 0 Å². The topological polar surface area (TPSA) is 36.7 Å². The molecule has 0 saturated carbocycles. The van der Waals surface area contributed by atoms with Crippen LogP contribution in [0.25, 0.3) is 17.7 Å². The smallest absolute Gasteiger partial charge is 0.197 e. The molecule has 3 aromatic carbocycles. The number of benzene rings is 3. The first-order valence-electron chi connectivity index (χ1n) is 19.8. The molecule has 0 unspecified atom stereocenters. The molecule has 0 bridgehead atoms. The summed E-state index contributed by atoms with van der Waals surface area (Å²) < 4.78 is 6.75. The summed E-state index contributed by atoms with van der Waals surface area (Å²) >= 11 is 0. The maximum atomic E-state index is 14.8. The van der Waals surface area contributed by atoms with Crippen LogP contribution in [0.3, 0.4) is 0 Å². The van der Waals surface area contributed by atoms with Crippen molar-refractivity contribution in [1.82, 2.24) is 0 Å². The Labute approximate surface area is 344 Å². The first-order valence-corrected chi connectivity index (χ1v) is 19.8. The molecule has 0 fully saturated rings.